The van der Waals surface area contributed by atoms with Gasteiger partial charge in [0, 0.05) is 6.20 Å². The molecule has 1 unspecified atom stereocenters. The van der Waals surface area contributed by atoms with Crippen molar-refractivity contribution in [2.75, 3.05) is 12.4 Å². The highest BCUT2D eigenvalue weighted by Crippen LogP contribution is 2.36. The molecule has 1 N–H and O–H groups in total. The molecule has 0 spiro atoms. The van der Waals surface area contributed by atoms with Crippen LogP contribution in [0.4, 0.5) is 5.69 Å². The Morgan fingerprint density at radius 3 is 2.95 bits per heavy atom. The number of aryl methyl sites for hydroxylation is 2. The molecule has 0 saturated carbocycles. The Balaban J connectivity index is 1.92. The molecule has 0 amide bonds. The molecule has 1 heterocycles. The van der Waals surface area contributed by atoms with Crippen molar-refractivity contribution in [1.29, 1.82) is 0 Å². The van der Waals surface area contributed by atoms with Crippen molar-refractivity contribution in [2.24, 2.45) is 0 Å². The minimum absolute atomic E-state index is 0.278. The molecule has 110 valence electrons. The number of rotatable bonds is 3. The molecule has 21 heavy (non-hydrogen) atoms. The summed E-state index contributed by atoms with van der Waals surface area (Å²) in [5, 5.41) is 4.11. The zero-order valence-corrected chi connectivity index (χ0v) is 13.1. The van der Waals surface area contributed by atoms with Gasteiger partial charge in [0.05, 0.1) is 18.8 Å². The van der Waals surface area contributed by atoms with Crippen LogP contribution in [0.15, 0.2) is 30.5 Å². The minimum Gasteiger partial charge on any atom is -0.497 e. The van der Waals surface area contributed by atoms with Crippen LogP contribution in [-0.4, -0.2) is 12.1 Å². The first kappa shape index (κ1) is 14.2. The highest BCUT2D eigenvalue weighted by Gasteiger charge is 2.22. The molecular weight excluding hydrogens is 284 g/mol. The number of nitrogens with zero attached hydrogens (tertiary/aromatic N) is 1. The lowest BCUT2D eigenvalue weighted by atomic mass is 9.87. The number of halogens is 1. The first-order chi connectivity index (χ1) is 10.2. The summed E-state index contributed by atoms with van der Waals surface area (Å²) in [6.45, 7) is 2.05. The number of benzene rings is 1. The van der Waals surface area contributed by atoms with Gasteiger partial charge in [-0.15, -0.1) is 0 Å². The van der Waals surface area contributed by atoms with Gasteiger partial charge >= 0.3 is 0 Å². The van der Waals surface area contributed by atoms with Crippen LogP contribution >= 0.6 is 11.6 Å². The number of nitrogens with one attached hydrogen (secondary N) is 1. The normalized spacial score (nSPS) is 17.2. The summed E-state index contributed by atoms with van der Waals surface area (Å²) >= 11 is 6.23. The summed E-state index contributed by atoms with van der Waals surface area (Å²) in [6, 6.07) is 8.58. The standard InChI is InChI=1S/C17H19ClN2O/c1-11-8-9-19-17(18)16(11)20-15-5-3-4-12-10-13(21-2)6-7-14(12)15/h6-10,15,20H,3-5H2,1-2H3. The SMILES string of the molecule is COc1ccc2c(c1)CCCC2Nc1c(C)ccnc1Cl. The van der Waals surface area contributed by atoms with Crippen LogP contribution in [0, 0.1) is 6.92 Å². The number of aromatic nitrogens is 1. The zero-order valence-electron chi connectivity index (χ0n) is 12.3. The number of ether oxygens (including phenoxy) is 1. The first-order valence-electron chi connectivity index (χ1n) is 7.23. The van der Waals surface area contributed by atoms with E-state index in [1.807, 2.05) is 19.1 Å². The number of pyridine rings is 1. The summed E-state index contributed by atoms with van der Waals surface area (Å²) in [6.07, 6.45) is 5.10. The smallest absolute Gasteiger partial charge is 0.152 e. The Labute approximate surface area is 130 Å². The fourth-order valence-electron chi connectivity index (χ4n) is 2.94. The number of anilines is 1. The highest BCUT2D eigenvalue weighted by atomic mass is 35.5. The van der Waals surface area contributed by atoms with Gasteiger partial charge in [0.1, 0.15) is 5.75 Å². The van der Waals surface area contributed by atoms with E-state index in [1.165, 1.54) is 11.1 Å². The third-order valence-electron chi connectivity index (χ3n) is 4.10. The average Bonchev–Trinajstić information content (AvgIpc) is 2.50. The van der Waals surface area contributed by atoms with Crippen LogP contribution in [0.5, 0.6) is 5.75 Å². The van der Waals surface area contributed by atoms with Crippen molar-refractivity contribution in [3.8, 4) is 5.75 Å². The summed E-state index contributed by atoms with van der Waals surface area (Å²) in [7, 11) is 1.71. The Morgan fingerprint density at radius 1 is 1.33 bits per heavy atom. The van der Waals surface area contributed by atoms with Crippen molar-refractivity contribution in [3.05, 3.63) is 52.3 Å². The van der Waals surface area contributed by atoms with Gasteiger partial charge in [-0.05, 0) is 61.1 Å². The first-order valence-corrected chi connectivity index (χ1v) is 7.61. The Hall–Kier alpha value is -1.74. The van der Waals surface area contributed by atoms with Crippen molar-refractivity contribution in [2.45, 2.75) is 32.2 Å². The van der Waals surface area contributed by atoms with Crippen molar-refractivity contribution in [1.82, 2.24) is 4.98 Å². The van der Waals surface area contributed by atoms with E-state index in [1.54, 1.807) is 13.3 Å². The number of hydrogen-bond donors (Lipinski definition) is 1. The second-order valence-corrected chi connectivity index (χ2v) is 5.81. The third-order valence-corrected chi connectivity index (χ3v) is 4.38. The van der Waals surface area contributed by atoms with Crippen LogP contribution in [0.2, 0.25) is 5.15 Å². The van der Waals surface area contributed by atoms with E-state index in [0.29, 0.717) is 5.15 Å². The molecule has 4 heteroatoms. The molecular formula is C17H19ClN2O. The van der Waals surface area contributed by atoms with E-state index in [9.17, 15) is 0 Å². The van der Waals surface area contributed by atoms with Crippen LogP contribution < -0.4 is 10.1 Å². The molecule has 0 aliphatic heterocycles. The number of methoxy groups -OCH3 is 1. The molecule has 1 aliphatic rings. The fraction of sp³-hybridized carbons (Fsp3) is 0.353. The van der Waals surface area contributed by atoms with E-state index in [4.69, 9.17) is 16.3 Å². The molecule has 0 radical (unpaired) electrons. The minimum atomic E-state index is 0.278. The zero-order chi connectivity index (χ0) is 14.8. The number of fused-ring (bicyclic) bond motifs is 1. The molecule has 0 bridgehead atoms. The van der Waals surface area contributed by atoms with Gasteiger partial charge < -0.3 is 10.1 Å². The summed E-state index contributed by atoms with van der Waals surface area (Å²) in [5.74, 6) is 0.921. The molecule has 3 rings (SSSR count). The maximum atomic E-state index is 6.23. The predicted octanol–water partition coefficient (Wildman–Crippen LogP) is 4.54. The van der Waals surface area contributed by atoms with Crippen molar-refractivity contribution in [3.63, 3.8) is 0 Å². The van der Waals surface area contributed by atoms with Crippen molar-refractivity contribution < 1.29 is 4.74 Å². The van der Waals surface area contributed by atoms with Gasteiger partial charge in [-0.1, -0.05) is 17.7 Å². The average molecular weight is 303 g/mol. The van der Waals surface area contributed by atoms with Gasteiger partial charge in [-0.2, -0.15) is 0 Å². The molecule has 2 aromatic rings. The van der Waals surface area contributed by atoms with E-state index in [0.717, 1.165) is 36.3 Å². The predicted molar refractivity (Wildman–Crippen MR) is 86.3 cm³/mol. The van der Waals surface area contributed by atoms with E-state index >= 15 is 0 Å². The molecule has 0 fully saturated rings. The van der Waals surface area contributed by atoms with Crippen molar-refractivity contribution >= 4 is 17.3 Å². The van der Waals surface area contributed by atoms with Gasteiger partial charge in [-0.3, -0.25) is 0 Å². The summed E-state index contributed by atoms with van der Waals surface area (Å²) in [4.78, 5) is 4.17. The lowest BCUT2D eigenvalue weighted by Crippen LogP contribution is -2.18. The highest BCUT2D eigenvalue weighted by molar-refractivity contribution is 6.32. The van der Waals surface area contributed by atoms with Gasteiger partial charge in [0.25, 0.3) is 0 Å². The van der Waals surface area contributed by atoms with Crippen LogP contribution in [-0.2, 0) is 6.42 Å². The monoisotopic (exact) mass is 302 g/mol. The lowest BCUT2D eigenvalue weighted by molar-refractivity contribution is 0.413. The van der Waals surface area contributed by atoms with Gasteiger partial charge in [0.15, 0.2) is 5.15 Å². The second-order valence-electron chi connectivity index (χ2n) is 5.45. The quantitative estimate of drug-likeness (QED) is 0.845. The maximum absolute atomic E-state index is 6.23. The van der Waals surface area contributed by atoms with Gasteiger partial charge in [0.2, 0.25) is 0 Å². The Kier molecular flexibility index (Phi) is 4.02. The van der Waals surface area contributed by atoms with E-state index < -0.39 is 0 Å². The van der Waals surface area contributed by atoms with E-state index in [-0.39, 0.29) is 6.04 Å². The molecule has 1 aromatic heterocycles. The topological polar surface area (TPSA) is 34.1 Å². The van der Waals surface area contributed by atoms with Crippen LogP contribution in [0.1, 0.15) is 35.6 Å². The second kappa shape index (κ2) is 5.94. The maximum Gasteiger partial charge on any atom is 0.152 e. The largest absolute Gasteiger partial charge is 0.497 e. The molecule has 0 saturated heterocycles. The van der Waals surface area contributed by atoms with Crippen LogP contribution in [0.3, 0.4) is 0 Å². The summed E-state index contributed by atoms with van der Waals surface area (Å²) < 4.78 is 5.32. The molecule has 1 atom stereocenters. The van der Waals surface area contributed by atoms with Gasteiger partial charge in [-0.25, -0.2) is 4.98 Å². The fourth-order valence-corrected chi connectivity index (χ4v) is 3.20. The third kappa shape index (κ3) is 2.84. The Morgan fingerprint density at radius 2 is 2.19 bits per heavy atom. The van der Waals surface area contributed by atoms with E-state index in [2.05, 4.69) is 22.4 Å². The molecule has 1 aromatic carbocycles. The Bertz CT molecular complexity index is 637. The summed E-state index contributed by atoms with van der Waals surface area (Å²) in [5.41, 5.74) is 4.75. The number of hydrogen-bond acceptors (Lipinski definition) is 3. The van der Waals surface area contributed by atoms with Crippen LogP contribution in [0.25, 0.3) is 0 Å². The molecule has 3 nitrogen and oxygen atoms in total. The molecule has 1 aliphatic carbocycles. The lowest BCUT2D eigenvalue weighted by Gasteiger charge is -2.28.